The maximum Gasteiger partial charge on any atom is 0.410 e. The second-order valence-electron chi connectivity index (χ2n) is 8.19. The largest absolute Gasteiger partial charge is 0.444 e. The number of guanidine groups is 1. The normalized spacial score (nSPS) is 21.6. The molecule has 2 heterocycles. The van der Waals surface area contributed by atoms with Crippen molar-refractivity contribution in [3.63, 3.8) is 0 Å². The fourth-order valence-corrected chi connectivity index (χ4v) is 3.17. The van der Waals surface area contributed by atoms with E-state index in [2.05, 4.69) is 26.7 Å². The number of nitrogens with two attached hydrogens (primary N) is 1. The minimum atomic E-state index is -0.461. The average Bonchev–Trinajstić information content (AvgIpc) is 2.78. The van der Waals surface area contributed by atoms with Crippen LogP contribution in [0.1, 0.15) is 27.2 Å². The molecule has 0 bridgehead atoms. The minimum Gasteiger partial charge on any atom is -0.444 e. The van der Waals surface area contributed by atoms with Crippen LogP contribution >= 0.6 is 0 Å². The number of piperazine rings is 1. The van der Waals surface area contributed by atoms with Gasteiger partial charge in [0.15, 0.2) is 5.96 Å². The lowest BCUT2D eigenvalue weighted by Gasteiger charge is -2.36. The van der Waals surface area contributed by atoms with Crippen molar-refractivity contribution in [3.05, 3.63) is 0 Å². The van der Waals surface area contributed by atoms with E-state index in [1.807, 2.05) is 20.8 Å². The third-order valence-corrected chi connectivity index (χ3v) is 4.76. The molecule has 8 nitrogen and oxygen atoms in total. The molecule has 150 valence electrons. The first-order valence-electron chi connectivity index (χ1n) is 9.68. The molecule has 0 atom stereocenters. The molecule has 8 heteroatoms. The molecule has 0 aromatic heterocycles. The molecular formula is C18H36N6O2. The van der Waals surface area contributed by atoms with E-state index >= 15 is 0 Å². The van der Waals surface area contributed by atoms with Crippen LogP contribution in [0.25, 0.3) is 0 Å². The number of aliphatic imine (C=N–C) groups is 1. The first-order valence-corrected chi connectivity index (χ1v) is 9.68. The number of hydrogen-bond acceptors (Lipinski definition) is 5. The molecule has 0 unspecified atom stereocenters. The molecule has 26 heavy (non-hydrogen) atoms. The quantitative estimate of drug-likeness (QED) is 0.577. The van der Waals surface area contributed by atoms with Crippen molar-refractivity contribution in [2.75, 3.05) is 72.5 Å². The number of rotatable bonds is 3. The van der Waals surface area contributed by atoms with Crippen LogP contribution in [0.2, 0.25) is 0 Å². The third-order valence-electron chi connectivity index (χ3n) is 4.76. The zero-order chi connectivity index (χ0) is 19.2. The molecule has 0 radical (unpaired) electrons. The number of hydrogen-bond donors (Lipinski definition) is 1. The predicted octanol–water partition coefficient (Wildman–Crippen LogP) is 0.491. The van der Waals surface area contributed by atoms with Gasteiger partial charge in [0.1, 0.15) is 5.60 Å². The molecule has 0 aromatic carbocycles. The summed E-state index contributed by atoms with van der Waals surface area (Å²) in [4.78, 5) is 25.3. The van der Waals surface area contributed by atoms with Crippen LogP contribution < -0.4 is 5.73 Å². The number of carbonyl (C=O) groups excluding carboxylic acids is 1. The second-order valence-corrected chi connectivity index (χ2v) is 8.19. The van der Waals surface area contributed by atoms with Gasteiger partial charge >= 0.3 is 6.09 Å². The van der Waals surface area contributed by atoms with Gasteiger partial charge in [-0.1, -0.05) is 0 Å². The lowest BCUT2D eigenvalue weighted by Crippen LogP contribution is -2.53. The van der Waals surface area contributed by atoms with E-state index in [0.29, 0.717) is 32.1 Å². The smallest absolute Gasteiger partial charge is 0.410 e. The summed E-state index contributed by atoms with van der Waals surface area (Å²) in [6.45, 7) is 14.5. The van der Waals surface area contributed by atoms with Crippen LogP contribution in [0, 0.1) is 0 Å². The summed E-state index contributed by atoms with van der Waals surface area (Å²) in [5, 5.41) is 0. The van der Waals surface area contributed by atoms with E-state index in [4.69, 9.17) is 10.5 Å². The Labute approximate surface area is 157 Å². The zero-order valence-electron chi connectivity index (χ0n) is 16.9. The van der Waals surface area contributed by atoms with Gasteiger partial charge < -0.3 is 30.1 Å². The Hall–Kier alpha value is -1.54. The maximum atomic E-state index is 12.1. The Morgan fingerprint density at radius 2 is 1.65 bits per heavy atom. The highest BCUT2D eigenvalue weighted by atomic mass is 16.6. The van der Waals surface area contributed by atoms with Gasteiger partial charge in [-0.3, -0.25) is 4.99 Å². The number of carbonyl (C=O) groups is 1. The van der Waals surface area contributed by atoms with Crippen LogP contribution in [0.15, 0.2) is 4.99 Å². The summed E-state index contributed by atoms with van der Waals surface area (Å²) in [5.74, 6) is 0.584. The number of amides is 1. The molecule has 2 saturated heterocycles. The minimum absolute atomic E-state index is 0.251. The van der Waals surface area contributed by atoms with E-state index < -0.39 is 5.60 Å². The SMILES string of the molecule is CN1CCCN(CCN=C(N)N2CCN(C(=O)OC(C)(C)C)CC2)CC1. The lowest BCUT2D eigenvalue weighted by molar-refractivity contribution is 0.0186. The molecule has 2 aliphatic rings. The van der Waals surface area contributed by atoms with Crippen LogP contribution in [0.3, 0.4) is 0 Å². The van der Waals surface area contributed by atoms with Crippen molar-refractivity contribution in [2.45, 2.75) is 32.8 Å². The predicted molar refractivity (Wildman–Crippen MR) is 104 cm³/mol. The Morgan fingerprint density at radius 3 is 2.31 bits per heavy atom. The van der Waals surface area contributed by atoms with Crippen molar-refractivity contribution in [3.8, 4) is 0 Å². The molecule has 0 spiro atoms. The lowest BCUT2D eigenvalue weighted by atomic mass is 10.2. The van der Waals surface area contributed by atoms with Crippen LogP contribution in [0.5, 0.6) is 0 Å². The van der Waals surface area contributed by atoms with Crippen molar-refractivity contribution >= 4 is 12.1 Å². The molecule has 2 aliphatic heterocycles. The van der Waals surface area contributed by atoms with Crippen LogP contribution in [-0.4, -0.2) is 110 Å². The van der Waals surface area contributed by atoms with Gasteiger partial charge in [-0.2, -0.15) is 0 Å². The van der Waals surface area contributed by atoms with Crippen molar-refractivity contribution < 1.29 is 9.53 Å². The summed E-state index contributed by atoms with van der Waals surface area (Å²) in [6, 6.07) is 0. The van der Waals surface area contributed by atoms with Crippen molar-refractivity contribution in [1.29, 1.82) is 0 Å². The molecule has 0 aromatic rings. The summed E-state index contributed by atoms with van der Waals surface area (Å²) in [5.41, 5.74) is 5.69. The highest BCUT2D eigenvalue weighted by molar-refractivity contribution is 5.78. The van der Waals surface area contributed by atoms with E-state index in [-0.39, 0.29) is 6.09 Å². The number of likely N-dealkylation sites (N-methyl/N-ethyl adjacent to an activating group) is 1. The summed E-state index contributed by atoms with van der Waals surface area (Å²) < 4.78 is 5.42. The fourth-order valence-electron chi connectivity index (χ4n) is 3.17. The third kappa shape index (κ3) is 6.99. The molecule has 0 aliphatic carbocycles. The van der Waals surface area contributed by atoms with Crippen LogP contribution in [-0.2, 0) is 4.74 Å². The Bertz CT molecular complexity index is 483. The molecule has 2 N–H and O–H groups in total. The monoisotopic (exact) mass is 368 g/mol. The van der Waals surface area contributed by atoms with Crippen LogP contribution in [0.4, 0.5) is 4.79 Å². The molecule has 2 rings (SSSR count). The summed E-state index contributed by atoms with van der Waals surface area (Å²) >= 11 is 0. The van der Waals surface area contributed by atoms with Gasteiger partial charge in [-0.05, 0) is 47.3 Å². The van der Waals surface area contributed by atoms with Gasteiger partial charge in [0.25, 0.3) is 0 Å². The summed E-state index contributed by atoms with van der Waals surface area (Å²) in [7, 11) is 2.18. The standard InChI is InChI=1S/C18H36N6O2/c1-18(2,3)26-17(25)24-14-12-23(13-15-24)16(19)20-6-9-22-8-5-7-21(4)10-11-22/h5-15H2,1-4H3,(H2,19,20). The zero-order valence-corrected chi connectivity index (χ0v) is 16.9. The number of ether oxygens (including phenoxy) is 1. The van der Waals surface area contributed by atoms with Gasteiger partial charge in [0.2, 0.25) is 0 Å². The molecule has 1 amide bonds. The second kappa shape index (κ2) is 9.41. The highest BCUT2D eigenvalue weighted by Gasteiger charge is 2.26. The summed E-state index contributed by atoms with van der Waals surface area (Å²) in [6.07, 6.45) is 0.960. The van der Waals surface area contributed by atoms with Crippen molar-refractivity contribution in [1.82, 2.24) is 19.6 Å². The first kappa shape index (κ1) is 20.8. The van der Waals surface area contributed by atoms with Gasteiger partial charge in [-0.15, -0.1) is 0 Å². The topological polar surface area (TPSA) is 77.6 Å². The van der Waals surface area contributed by atoms with E-state index in [9.17, 15) is 4.79 Å². The van der Waals surface area contributed by atoms with Gasteiger partial charge in [0, 0.05) is 45.8 Å². The van der Waals surface area contributed by atoms with Gasteiger partial charge in [-0.25, -0.2) is 4.79 Å². The van der Waals surface area contributed by atoms with Crippen molar-refractivity contribution in [2.24, 2.45) is 10.7 Å². The Kier molecular flexibility index (Phi) is 7.52. The fraction of sp³-hybridized carbons (Fsp3) is 0.889. The average molecular weight is 369 g/mol. The Morgan fingerprint density at radius 1 is 1.00 bits per heavy atom. The molecule has 0 saturated carbocycles. The molecule has 2 fully saturated rings. The van der Waals surface area contributed by atoms with E-state index in [1.54, 1.807) is 4.90 Å². The maximum absolute atomic E-state index is 12.1. The van der Waals surface area contributed by atoms with E-state index in [0.717, 1.165) is 32.7 Å². The Balaban J connectivity index is 1.71. The van der Waals surface area contributed by atoms with E-state index in [1.165, 1.54) is 13.0 Å². The molecular weight excluding hydrogens is 332 g/mol. The van der Waals surface area contributed by atoms with Gasteiger partial charge in [0.05, 0.1) is 6.54 Å². The first-order chi connectivity index (χ1) is 12.2. The number of nitrogens with zero attached hydrogens (tertiary/aromatic N) is 5. The highest BCUT2D eigenvalue weighted by Crippen LogP contribution is 2.11.